The Morgan fingerprint density at radius 2 is 1.62 bits per heavy atom. The van der Waals surface area contributed by atoms with E-state index in [1.807, 2.05) is 0 Å². The van der Waals surface area contributed by atoms with Gasteiger partial charge in [0.2, 0.25) is 0 Å². The van der Waals surface area contributed by atoms with E-state index in [0.717, 1.165) is 5.75 Å². The van der Waals surface area contributed by atoms with Crippen molar-refractivity contribution in [1.29, 1.82) is 0 Å². The zero-order valence-corrected chi connectivity index (χ0v) is 8.14. The monoisotopic (exact) mass is 140 g/mol. The zero-order valence-electron chi connectivity index (χ0n) is 6.32. The summed E-state index contributed by atoms with van der Waals surface area (Å²) in [5.41, 5.74) is 0. The van der Waals surface area contributed by atoms with Crippen LogP contribution >= 0.6 is 0 Å². The molecule has 0 amide bonds. The van der Waals surface area contributed by atoms with E-state index in [0.29, 0.717) is 0 Å². The largest absolute Gasteiger partial charge is 1.00 e. The van der Waals surface area contributed by atoms with Crippen LogP contribution in [0.25, 0.3) is 0 Å². The van der Waals surface area contributed by atoms with Crippen molar-refractivity contribution in [3.63, 3.8) is 0 Å². The Bertz CT molecular complexity index is 50.9. The van der Waals surface area contributed by atoms with Gasteiger partial charge >= 0.3 is 18.9 Å². The van der Waals surface area contributed by atoms with E-state index in [2.05, 4.69) is 19.6 Å². The van der Waals surface area contributed by atoms with E-state index >= 15 is 0 Å². The van der Waals surface area contributed by atoms with Gasteiger partial charge in [0, 0.05) is 8.07 Å². The number of rotatable bonds is 2. The van der Waals surface area contributed by atoms with Crippen molar-refractivity contribution < 1.29 is 18.9 Å². The molecule has 0 saturated heterocycles. The Morgan fingerprint density at radius 1 is 1.25 bits per heavy atom. The third-order valence-corrected chi connectivity index (χ3v) is 3.17. The first-order chi connectivity index (χ1) is 3.06. The fourth-order valence-corrected chi connectivity index (χ4v) is 2.76. The minimum Gasteiger partial charge on any atom is -0.793 e. The molecule has 0 saturated carbocycles. The molecule has 0 radical (unpaired) electrons. The van der Waals surface area contributed by atoms with Crippen molar-refractivity contribution >= 4 is 20.7 Å². The minimum absolute atomic E-state index is 0. The smallest absolute Gasteiger partial charge is 0.793 e. The van der Waals surface area contributed by atoms with Gasteiger partial charge in [0.1, 0.15) is 0 Å². The maximum atomic E-state index is 4.83. The molecule has 0 bridgehead atoms. The molecule has 0 atom stereocenters. The van der Waals surface area contributed by atoms with Crippen molar-refractivity contribution in [1.82, 2.24) is 0 Å². The molecule has 0 nitrogen and oxygen atoms in total. The second-order valence-electron chi connectivity index (χ2n) is 3.01. The van der Waals surface area contributed by atoms with Gasteiger partial charge in [-0.05, 0) is 0 Å². The molecular formula is C5H13LiSSi. The van der Waals surface area contributed by atoms with Gasteiger partial charge in [0.25, 0.3) is 0 Å². The van der Waals surface area contributed by atoms with Crippen molar-refractivity contribution in [2.75, 3.05) is 5.75 Å². The summed E-state index contributed by atoms with van der Waals surface area (Å²) in [5.74, 6) is 0.954. The molecule has 0 N–H and O–H groups in total. The molecule has 0 rings (SSSR count). The zero-order chi connectivity index (χ0) is 5.91. The molecule has 0 heterocycles. The second-order valence-corrected chi connectivity index (χ2v) is 9.04. The van der Waals surface area contributed by atoms with Gasteiger partial charge in [0.05, 0.1) is 0 Å². The summed E-state index contributed by atoms with van der Waals surface area (Å²) in [7, 11) is -0.761. The molecule has 0 spiro atoms. The normalized spacial score (nSPS) is 10.5. The first kappa shape index (κ1) is 11.9. The molecule has 0 aliphatic rings. The minimum atomic E-state index is -0.761. The summed E-state index contributed by atoms with van der Waals surface area (Å²) in [5, 5.41) is 0. The predicted molar refractivity (Wildman–Crippen MR) is 40.4 cm³/mol. The average molecular weight is 140 g/mol. The topological polar surface area (TPSA) is 0 Å². The van der Waals surface area contributed by atoms with Gasteiger partial charge < -0.3 is 12.6 Å². The SMILES string of the molecule is C[Si](C)(C)CC[S-].[Li+]. The van der Waals surface area contributed by atoms with Crippen molar-refractivity contribution in [2.45, 2.75) is 25.7 Å². The van der Waals surface area contributed by atoms with Crippen molar-refractivity contribution in [2.24, 2.45) is 0 Å². The molecule has 44 valence electrons. The van der Waals surface area contributed by atoms with Crippen molar-refractivity contribution in [3.8, 4) is 0 Å². The molecule has 0 aromatic rings. The molecule has 0 aliphatic carbocycles. The van der Waals surface area contributed by atoms with E-state index in [-0.39, 0.29) is 18.9 Å². The van der Waals surface area contributed by atoms with Crippen LogP contribution in [0.5, 0.6) is 0 Å². The maximum absolute atomic E-state index is 4.83. The second kappa shape index (κ2) is 4.99. The van der Waals surface area contributed by atoms with E-state index < -0.39 is 8.07 Å². The van der Waals surface area contributed by atoms with Crippen LogP contribution in [0, 0.1) is 0 Å². The van der Waals surface area contributed by atoms with Crippen LogP contribution in [-0.4, -0.2) is 13.8 Å². The van der Waals surface area contributed by atoms with Crippen LogP contribution < -0.4 is 18.9 Å². The van der Waals surface area contributed by atoms with Crippen molar-refractivity contribution in [3.05, 3.63) is 0 Å². The summed E-state index contributed by atoms with van der Waals surface area (Å²) in [4.78, 5) is 0. The van der Waals surface area contributed by atoms with Crippen LogP contribution in [0.1, 0.15) is 0 Å². The molecular weight excluding hydrogens is 127 g/mol. The van der Waals surface area contributed by atoms with Gasteiger partial charge in [-0.2, -0.15) is 5.75 Å². The number of hydrogen-bond donors (Lipinski definition) is 0. The Kier molecular flexibility index (Phi) is 7.42. The fraction of sp³-hybridized carbons (Fsp3) is 1.00. The molecule has 0 fully saturated rings. The predicted octanol–water partition coefficient (Wildman–Crippen LogP) is -1.12. The molecule has 0 aliphatic heterocycles. The van der Waals surface area contributed by atoms with Gasteiger partial charge in [0.15, 0.2) is 0 Å². The summed E-state index contributed by atoms with van der Waals surface area (Å²) < 4.78 is 0. The molecule has 8 heavy (non-hydrogen) atoms. The molecule has 0 aromatic heterocycles. The van der Waals surface area contributed by atoms with E-state index in [4.69, 9.17) is 12.6 Å². The van der Waals surface area contributed by atoms with Gasteiger partial charge in [-0.3, -0.25) is 0 Å². The van der Waals surface area contributed by atoms with Crippen LogP contribution in [0.4, 0.5) is 0 Å². The van der Waals surface area contributed by atoms with Crippen LogP contribution in [0.15, 0.2) is 0 Å². The third kappa shape index (κ3) is 10.2. The van der Waals surface area contributed by atoms with E-state index in [1.54, 1.807) is 0 Å². The van der Waals surface area contributed by atoms with Gasteiger partial charge in [-0.25, -0.2) is 0 Å². The first-order valence-electron chi connectivity index (χ1n) is 2.64. The van der Waals surface area contributed by atoms with Crippen LogP contribution in [0.3, 0.4) is 0 Å². The van der Waals surface area contributed by atoms with E-state index in [1.165, 1.54) is 6.04 Å². The Hall–Kier alpha value is 1.16. The molecule has 0 unspecified atom stereocenters. The first-order valence-corrected chi connectivity index (χ1v) is 6.93. The van der Waals surface area contributed by atoms with Crippen LogP contribution in [0.2, 0.25) is 25.7 Å². The number of hydrogen-bond acceptors (Lipinski definition) is 1. The Balaban J connectivity index is 0. The fourth-order valence-electron chi connectivity index (χ4n) is 0.306. The summed E-state index contributed by atoms with van der Waals surface area (Å²) in [6.07, 6.45) is 0. The quantitative estimate of drug-likeness (QED) is 0.346. The molecule has 0 aromatic carbocycles. The van der Waals surface area contributed by atoms with E-state index in [9.17, 15) is 0 Å². The standard InChI is InChI=1S/C5H14SSi.Li/c1-7(2,3)5-4-6;/h6H,4-5H2,1-3H3;/q;+1/p-1. The van der Waals surface area contributed by atoms with Crippen LogP contribution in [-0.2, 0) is 12.6 Å². The van der Waals surface area contributed by atoms with Gasteiger partial charge in [-0.1, -0.05) is 25.7 Å². The molecule has 3 heteroatoms. The average Bonchev–Trinajstić information content (AvgIpc) is 1.30. The summed E-state index contributed by atoms with van der Waals surface area (Å²) in [6, 6.07) is 1.29. The maximum Gasteiger partial charge on any atom is 1.00 e. The van der Waals surface area contributed by atoms with Gasteiger partial charge in [-0.15, -0.1) is 0 Å². The third-order valence-electron chi connectivity index (χ3n) is 0.852. The Labute approximate surface area is 71.0 Å². The summed E-state index contributed by atoms with van der Waals surface area (Å²) in [6.45, 7) is 7.04. The Morgan fingerprint density at radius 3 is 1.62 bits per heavy atom. The summed E-state index contributed by atoms with van der Waals surface area (Å²) >= 11 is 4.83.